The number of hydrogen-bond donors (Lipinski definition) is 2. The lowest BCUT2D eigenvalue weighted by atomic mass is 9.99. The van der Waals surface area contributed by atoms with Gasteiger partial charge < -0.3 is 10.8 Å². The third-order valence-electron chi connectivity index (χ3n) is 2.70. The zero-order chi connectivity index (χ0) is 14.2. The van der Waals surface area contributed by atoms with Crippen LogP contribution < -0.4 is 5.73 Å². The molecule has 0 bridgehead atoms. The van der Waals surface area contributed by atoms with Crippen LogP contribution in [0.5, 0.6) is 0 Å². The highest BCUT2D eigenvalue weighted by Gasteiger charge is 2.21. The molecule has 0 amide bonds. The van der Waals surface area contributed by atoms with Crippen molar-refractivity contribution in [1.29, 1.82) is 0 Å². The average molecular weight is 288 g/mol. The van der Waals surface area contributed by atoms with Gasteiger partial charge >= 0.3 is 0 Å². The molecule has 100 valence electrons. The van der Waals surface area contributed by atoms with E-state index in [9.17, 15) is 18.3 Å². The topological polar surface area (TPSA) is 46.2 Å². The van der Waals surface area contributed by atoms with Gasteiger partial charge in [-0.25, -0.2) is 13.2 Å². The molecule has 0 spiro atoms. The lowest BCUT2D eigenvalue weighted by Gasteiger charge is -2.15. The summed E-state index contributed by atoms with van der Waals surface area (Å²) < 4.78 is 39.5. The van der Waals surface area contributed by atoms with E-state index in [0.29, 0.717) is 5.02 Å². The fourth-order valence-electron chi connectivity index (χ4n) is 1.71. The van der Waals surface area contributed by atoms with Gasteiger partial charge in [-0.15, -0.1) is 0 Å². The minimum Gasteiger partial charge on any atom is -0.398 e. The molecule has 19 heavy (non-hydrogen) atoms. The third kappa shape index (κ3) is 2.52. The smallest absolute Gasteiger partial charge is 0.194 e. The van der Waals surface area contributed by atoms with E-state index in [0.717, 1.165) is 12.1 Å². The Bertz CT molecular complexity index is 634. The van der Waals surface area contributed by atoms with Crippen molar-refractivity contribution in [3.05, 3.63) is 63.9 Å². The third-order valence-corrected chi connectivity index (χ3v) is 2.94. The fourth-order valence-corrected chi connectivity index (χ4v) is 1.89. The number of nitrogen functional groups attached to an aromatic ring is 1. The zero-order valence-electron chi connectivity index (χ0n) is 9.50. The lowest BCUT2D eigenvalue weighted by molar-refractivity contribution is 0.213. The van der Waals surface area contributed by atoms with Crippen molar-refractivity contribution >= 4 is 17.3 Å². The van der Waals surface area contributed by atoms with Gasteiger partial charge in [0.2, 0.25) is 0 Å². The van der Waals surface area contributed by atoms with E-state index in [1.807, 2.05) is 0 Å². The van der Waals surface area contributed by atoms with Crippen molar-refractivity contribution in [2.45, 2.75) is 6.10 Å². The van der Waals surface area contributed by atoms with Crippen molar-refractivity contribution < 1.29 is 18.3 Å². The van der Waals surface area contributed by atoms with Crippen molar-refractivity contribution in [1.82, 2.24) is 0 Å². The molecule has 0 aromatic heterocycles. The Morgan fingerprint density at radius 2 is 1.63 bits per heavy atom. The molecule has 0 fully saturated rings. The molecule has 2 nitrogen and oxygen atoms in total. The van der Waals surface area contributed by atoms with Gasteiger partial charge in [0, 0.05) is 21.8 Å². The maximum absolute atomic E-state index is 13.6. The molecule has 2 aromatic carbocycles. The molecule has 0 heterocycles. The van der Waals surface area contributed by atoms with Crippen LogP contribution in [0, 0.1) is 17.5 Å². The summed E-state index contributed by atoms with van der Waals surface area (Å²) >= 11 is 5.70. The van der Waals surface area contributed by atoms with Crippen LogP contribution >= 0.6 is 11.6 Å². The van der Waals surface area contributed by atoms with Crippen molar-refractivity contribution in [3.63, 3.8) is 0 Å². The summed E-state index contributed by atoms with van der Waals surface area (Å²) in [5.74, 6) is -4.40. The molecular formula is C13H9ClF3NO. The minimum absolute atomic E-state index is 0.129. The van der Waals surface area contributed by atoms with E-state index in [-0.39, 0.29) is 11.3 Å². The first-order chi connectivity index (χ1) is 8.91. The Morgan fingerprint density at radius 1 is 1.00 bits per heavy atom. The van der Waals surface area contributed by atoms with Gasteiger partial charge in [-0.3, -0.25) is 0 Å². The molecule has 0 aliphatic rings. The lowest BCUT2D eigenvalue weighted by Crippen LogP contribution is -2.08. The molecule has 1 unspecified atom stereocenters. The first kappa shape index (κ1) is 13.7. The van der Waals surface area contributed by atoms with Crippen LogP contribution in [-0.2, 0) is 0 Å². The molecule has 2 rings (SSSR count). The molecule has 0 radical (unpaired) electrons. The molecular weight excluding hydrogens is 279 g/mol. The van der Waals surface area contributed by atoms with Gasteiger partial charge in [-0.05, 0) is 18.2 Å². The molecule has 6 heteroatoms. The van der Waals surface area contributed by atoms with E-state index >= 15 is 0 Å². The molecule has 0 aliphatic carbocycles. The second-order valence-electron chi connectivity index (χ2n) is 3.94. The van der Waals surface area contributed by atoms with Gasteiger partial charge in [-0.2, -0.15) is 0 Å². The normalized spacial score (nSPS) is 12.5. The monoisotopic (exact) mass is 287 g/mol. The average Bonchev–Trinajstić information content (AvgIpc) is 2.35. The van der Waals surface area contributed by atoms with Crippen molar-refractivity contribution in [3.8, 4) is 0 Å². The summed E-state index contributed by atoms with van der Waals surface area (Å²) in [4.78, 5) is 0. The molecule has 0 aliphatic heterocycles. The van der Waals surface area contributed by atoms with Crippen LogP contribution in [-0.4, -0.2) is 5.11 Å². The Balaban J connectivity index is 2.50. The van der Waals surface area contributed by atoms with Crippen molar-refractivity contribution in [2.75, 3.05) is 5.73 Å². The highest BCUT2D eigenvalue weighted by atomic mass is 35.5. The van der Waals surface area contributed by atoms with E-state index in [2.05, 4.69) is 0 Å². The number of hydrogen-bond acceptors (Lipinski definition) is 2. The number of halogens is 4. The maximum Gasteiger partial charge on any atom is 0.194 e. The first-order valence-corrected chi connectivity index (χ1v) is 5.66. The van der Waals surface area contributed by atoms with Crippen molar-refractivity contribution in [2.24, 2.45) is 0 Å². The summed E-state index contributed by atoms with van der Waals surface area (Å²) in [5.41, 5.74) is 5.54. The molecule has 1 atom stereocenters. The van der Waals surface area contributed by atoms with Crippen LogP contribution in [0.25, 0.3) is 0 Å². The number of rotatable bonds is 2. The number of nitrogens with two attached hydrogens (primary N) is 1. The molecule has 0 saturated carbocycles. The highest BCUT2D eigenvalue weighted by molar-refractivity contribution is 6.30. The molecule has 2 aromatic rings. The maximum atomic E-state index is 13.6. The Labute approximate surface area is 112 Å². The molecule has 3 N–H and O–H groups in total. The summed E-state index contributed by atoms with van der Waals surface area (Å²) in [6.07, 6.45) is -1.51. The van der Waals surface area contributed by atoms with Gasteiger partial charge in [0.05, 0.1) is 0 Å². The minimum atomic E-state index is -1.64. The Hall–Kier alpha value is -1.72. The quantitative estimate of drug-likeness (QED) is 0.657. The van der Waals surface area contributed by atoms with Crippen LogP contribution in [0.3, 0.4) is 0 Å². The first-order valence-electron chi connectivity index (χ1n) is 5.28. The number of aliphatic hydroxyl groups is 1. The van der Waals surface area contributed by atoms with Crippen LogP contribution in [0.15, 0.2) is 30.3 Å². The predicted molar refractivity (Wildman–Crippen MR) is 66.2 cm³/mol. The van der Waals surface area contributed by atoms with Crippen LogP contribution in [0.2, 0.25) is 5.02 Å². The fraction of sp³-hybridized carbons (Fsp3) is 0.0769. The Kier molecular flexibility index (Phi) is 3.68. The van der Waals surface area contributed by atoms with Crippen LogP contribution in [0.4, 0.5) is 18.9 Å². The standard InChI is InChI=1S/C13H9ClF3NO/c14-6-1-2-7(10(18)5-6)13(19)8-3-4-9(15)12(17)11(8)16/h1-5,13,19H,18H2. The molecule has 0 saturated heterocycles. The number of anilines is 1. The summed E-state index contributed by atoms with van der Waals surface area (Å²) in [6, 6.07) is 5.92. The van der Waals surface area contributed by atoms with Gasteiger partial charge in [-0.1, -0.05) is 23.7 Å². The summed E-state index contributed by atoms with van der Waals surface area (Å²) in [7, 11) is 0. The van der Waals surface area contributed by atoms with E-state index in [1.54, 1.807) is 0 Å². The zero-order valence-corrected chi connectivity index (χ0v) is 10.3. The van der Waals surface area contributed by atoms with E-state index in [1.165, 1.54) is 18.2 Å². The highest BCUT2D eigenvalue weighted by Crippen LogP contribution is 2.31. The van der Waals surface area contributed by atoms with E-state index < -0.39 is 29.1 Å². The summed E-state index contributed by atoms with van der Waals surface area (Å²) in [5, 5.41) is 10.4. The summed E-state index contributed by atoms with van der Waals surface area (Å²) in [6.45, 7) is 0. The second kappa shape index (κ2) is 5.11. The van der Waals surface area contributed by atoms with Gasteiger partial charge in [0.15, 0.2) is 17.5 Å². The largest absolute Gasteiger partial charge is 0.398 e. The predicted octanol–water partition coefficient (Wildman–Crippen LogP) is 3.42. The van der Waals surface area contributed by atoms with Gasteiger partial charge in [0.25, 0.3) is 0 Å². The van der Waals surface area contributed by atoms with Crippen LogP contribution in [0.1, 0.15) is 17.2 Å². The number of aliphatic hydroxyl groups excluding tert-OH is 1. The van der Waals surface area contributed by atoms with Gasteiger partial charge in [0.1, 0.15) is 6.10 Å². The van der Waals surface area contributed by atoms with E-state index in [4.69, 9.17) is 17.3 Å². The second-order valence-corrected chi connectivity index (χ2v) is 4.38. The Morgan fingerprint density at radius 3 is 2.26 bits per heavy atom. The number of benzene rings is 2. The SMILES string of the molecule is Nc1cc(Cl)ccc1C(O)c1ccc(F)c(F)c1F.